The van der Waals surface area contributed by atoms with Crippen molar-refractivity contribution in [1.29, 1.82) is 0 Å². The summed E-state index contributed by atoms with van der Waals surface area (Å²) in [6.07, 6.45) is 9.35. The Morgan fingerprint density at radius 3 is 3.00 bits per heavy atom. The van der Waals surface area contributed by atoms with Crippen molar-refractivity contribution in [2.45, 2.75) is 6.04 Å². The summed E-state index contributed by atoms with van der Waals surface area (Å²) in [6.45, 7) is 0. The number of rotatable bonds is 4. The van der Waals surface area contributed by atoms with Gasteiger partial charge >= 0.3 is 0 Å². The summed E-state index contributed by atoms with van der Waals surface area (Å²) in [5.74, 6) is -0.401. The van der Waals surface area contributed by atoms with Crippen LogP contribution in [-0.2, 0) is 0 Å². The van der Waals surface area contributed by atoms with Gasteiger partial charge in [0.1, 0.15) is 5.69 Å². The normalized spacial score (nSPS) is 16.2. The number of aromatic nitrogens is 3. The molecule has 1 aliphatic carbocycles. The van der Waals surface area contributed by atoms with Crippen molar-refractivity contribution in [2.75, 3.05) is 5.32 Å². The fraction of sp³-hybridized carbons (Fsp3) is 0.0667. The van der Waals surface area contributed by atoms with Crippen molar-refractivity contribution in [3.63, 3.8) is 0 Å². The van der Waals surface area contributed by atoms with Gasteiger partial charge < -0.3 is 4.98 Å². The molecule has 8 nitrogen and oxygen atoms in total. The SMILES string of the molecule is O=C(Nc1nccs1)c1cc(C2=CC=CC([N+](=O)[O-])C=C2)nc(=S)[nH]1. The Bertz CT molecular complexity index is 960. The Hall–Kier alpha value is -2.98. The molecule has 2 N–H and O–H groups in total. The van der Waals surface area contributed by atoms with Crippen molar-refractivity contribution >= 4 is 40.2 Å². The van der Waals surface area contributed by atoms with Crippen LogP contribution in [-0.4, -0.2) is 31.8 Å². The van der Waals surface area contributed by atoms with Gasteiger partial charge in [0.25, 0.3) is 5.91 Å². The van der Waals surface area contributed by atoms with Crippen molar-refractivity contribution < 1.29 is 9.72 Å². The van der Waals surface area contributed by atoms with E-state index in [1.807, 2.05) is 0 Å². The highest BCUT2D eigenvalue weighted by molar-refractivity contribution is 7.71. The van der Waals surface area contributed by atoms with Gasteiger partial charge in [0, 0.05) is 22.1 Å². The number of carbonyl (C=O) groups excluding carboxylic acids is 1. The lowest BCUT2D eigenvalue weighted by Gasteiger charge is -2.05. The largest absolute Gasteiger partial charge is 0.326 e. The van der Waals surface area contributed by atoms with Gasteiger partial charge in [-0.05, 0) is 36.5 Å². The van der Waals surface area contributed by atoms with Crippen LogP contribution >= 0.6 is 23.6 Å². The van der Waals surface area contributed by atoms with Crippen LogP contribution in [0.2, 0.25) is 0 Å². The maximum Gasteiger partial charge on any atom is 0.274 e. The Morgan fingerprint density at radius 2 is 2.28 bits per heavy atom. The first-order chi connectivity index (χ1) is 12.0. The number of hydrogen-bond donors (Lipinski definition) is 2. The summed E-state index contributed by atoms with van der Waals surface area (Å²) in [7, 11) is 0. The lowest BCUT2D eigenvalue weighted by Crippen LogP contribution is -2.14. The predicted octanol–water partition coefficient (Wildman–Crippen LogP) is 3.00. The molecule has 10 heteroatoms. The van der Waals surface area contributed by atoms with Crippen molar-refractivity contribution in [3.8, 4) is 0 Å². The van der Waals surface area contributed by atoms with Gasteiger partial charge in [-0.2, -0.15) is 0 Å². The monoisotopic (exact) mass is 373 g/mol. The van der Waals surface area contributed by atoms with Crippen molar-refractivity contribution in [2.24, 2.45) is 0 Å². The third-order valence-electron chi connectivity index (χ3n) is 3.24. The van der Waals surface area contributed by atoms with E-state index in [1.54, 1.807) is 29.8 Å². The minimum absolute atomic E-state index is 0.134. The van der Waals surface area contributed by atoms with Gasteiger partial charge in [-0.25, -0.2) is 9.97 Å². The van der Waals surface area contributed by atoms with E-state index in [-0.39, 0.29) is 10.5 Å². The molecule has 2 heterocycles. The standard InChI is InChI=1S/C15H11N5O3S2/c21-13(19-15-16-6-7-25-15)12-8-11(17-14(24)18-12)9-2-1-3-10(5-4-9)20(22)23/h1-8,10H,(H,16,19,21)(H,17,18,24). The van der Waals surface area contributed by atoms with Crippen molar-refractivity contribution in [1.82, 2.24) is 15.0 Å². The van der Waals surface area contributed by atoms with Crippen LogP contribution in [0.15, 0.2) is 48.0 Å². The quantitative estimate of drug-likeness (QED) is 0.484. The molecule has 0 spiro atoms. The predicted molar refractivity (Wildman–Crippen MR) is 96.5 cm³/mol. The molecule has 1 unspecified atom stereocenters. The molecule has 0 aromatic carbocycles. The summed E-state index contributed by atoms with van der Waals surface area (Å²) < 4.78 is 0.134. The first kappa shape index (κ1) is 16.9. The molecule has 0 saturated heterocycles. The average Bonchev–Trinajstić information content (AvgIpc) is 2.95. The molecular formula is C15H11N5O3S2. The second kappa shape index (κ2) is 7.28. The number of nitrogens with zero attached hydrogens (tertiary/aromatic N) is 3. The summed E-state index contributed by atoms with van der Waals surface area (Å²) in [5, 5.41) is 15.7. The zero-order chi connectivity index (χ0) is 17.8. The number of carbonyl (C=O) groups is 1. The van der Waals surface area contributed by atoms with Crippen LogP contribution in [0.3, 0.4) is 0 Å². The van der Waals surface area contributed by atoms with E-state index in [0.717, 1.165) is 0 Å². The molecule has 1 amide bonds. The Labute approximate surface area is 150 Å². The van der Waals surface area contributed by atoms with Crippen LogP contribution in [0, 0.1) is 14.9 Å². The fourth-order valence-corrected chi connectivity index (χ4v) is 2.82. The highest BCUT2D eigenvalue weighted by Gasteiger charge is 2.15. The van der Waals surface area contributed by atoms with Crippen LogP contribution in [0.25, 0.3) is 5.57 Å². The summed E-state index contributed by atoms with van der Waals surface area (Å²) in [5.41, 5.74) is 1.28. The molecule has 0 aliphatic heterocycles. The maximum absolute atomic E-state index is 12.3. The number of nitrogens with one attached hydrogen (secondary N) is 2. The van der Waals surface area contributed by atoms with E-state index >= 15 is 0 Å². The van der Waals surface area contributed by atoms with Crippen LogP contribution < -0.4 is 5.32 Å². The number of hydrogen-bond acceptors (Lipinski definition) is 7. The Kier molecular flexibility index (Phi) is 4.91. The van der Waals surface area contributed by atoms with E-state index < -0.39 is 16.9 Å². The van der Waals surface area contributed by atoms with E-state index in [0.29, 0.717) is 16.4 Å². The number of thiazole rings is 1. The molecule has 1 aliphatic rings. The molecule has 2 aromatic rings. The van der Waals surface area contributed by atoms with Crippen LogP contribution in [0.1, 0.15) is 16.2 Å². The zero-order valence-corrected chi connectivity index (χ0v) is 14.2. The molecule has 1 atom stereocenters. The van der Waals surface area contributed by atoms with E-state index in [9.17, 15) is 14.9 Å². The summed E-state index contributed by atoms with van der Waals surface area (Å²) >= 11 is 6.38. The number of H-pyrrole nitrogens is 1. The van der Waals surface area contributed by atoms with Gasteiger partial charge in [-0.3, -0.25) is 20.2 Å². The molecule has 0 fully saturated rings. The third-order valence-corrected chi connectivity index (χ3v) is 4.12. The first-order valence-electron chi connectivity index (χ1n) is 7.06. The molecule has 2 aromatic heterocycles. The lowest BCUT2D eigenvalue weighted by molar-refractivity contribution is -0.496. The minimum Gasteiger partial charge on any atom is -0.326 e. The fourth-order valence-electron chi connectivity index (χ4n) is 2.08. The summed E-state index contributed by atoms with van der Waals surface area (Å²) in [6, 6.07) is 0.634. The van der Waals surface area contributed by atoms with Crippen molar-refractivity contribution in [3.05, 3.63) is 74.3 Å². The molecular weight excluding hydrogens is 362 g/mol. The molecule has 126 valence electrons. The second-order valence-corrected chi connectivity index (χ2v) is 6.20. The van der Waals surface area contributed by atoms with E-state index in [4.69, 9.17) is 12.2 Å². The second-order valence-electron chi connectivity index (χ2n) is 4.92. The molecule has 0 bridgehead atoms. The number of aromatic amines is 1. The highest BCUT2D eigenvalue weighted by Crippen LogP contribution is 2.19. The molecule has 3 rings (SSSR count). The van der Waals surface area contributed by atoms with E-state index in [2.05, 4.69) is 20.3 Å². The van der Waals surface area contributed by atoms with Crippen LogP contribution in [0.4, 0.5) is 5.13 Å². The number of anilines is 1. The average molecular weight is 373 g/mol. The highest BCUT2D eigenvalue weighted by atomic mass is 32.1. The topological polar surface area (TPSA) is 114 Å². The van der Waals surface area contributed by atoms with Gasteiger partial charge in [0.15, 0.2) is 9.90 Å². The van der Waals surface area contributed by atoms with Gasteiger partial charge in [0.05, 0.1) is 5.69 Å². The Balaban J connectivity index is 1.89. The van der Waals surface area contributed by atoms with E-state index in [1.165, 1.54) is 29.6 Å². The smallest absolute Gasteiger partial charge is 0.274 e. The zero-order valence-electron chi connectivity index (χ0n) is 12.6. The maximum atomic E-state index is 12.3. The Morgan fingerprint density at radius 1 is 1.44 bits per heavy atom. The van der Waals surface area contributed by atoms with Gasteiger partial charge in [-0.15, -0.1) is 11.3 Å². The first-order valence-corrected chi connectivity index (χ1v) is 8.34. The number of allylic oxidation sites excluding steroid dienone is 4. The van der Waals surface area contributed by atoms with Crippen LogP contribution in [0.5, 0.6) is 0 Å². The summed E-state index contributed by atoms with van der Waals surface area (Å²) in [4.78, 5) is 33.7. The number of amides is 1. The minimum atomic E-state index is -0.903. The third kappa shape index (κ3) is 4.11. The molecule has 0 saturated carbocycles. The lowest BCUT2D eigenvalue weighted by atomic mass is 10.1. The molecule has 0 radical (unpaired) electrons. The molecule has 25 heavy (non-hydrogen) atoms. The van der Waals surface area contributed by atoms with Gasteiger partial charge in [0.2, 0.25) is 6.04 Å². The van der Waals surface area contributed by atoms with Gasteiger partial charge in [-0.1, -0.05) is 12.2 Å². The number of nitro groups is 1.